The lowest BCUT2D eigenvalue weighted by Crippen LogP contribution is -2.25. The molecule has 26 heavy (non-hydrogen) atoms. The molecular formula is C22H42O4. The monoisotopic (exact) mass is 370 g/mol. The molecule has 4 nitrogen and oxygen atoms in total. The number of hydrogen-bond acceptors (Lipinski definition) is 4. The molecule has 0 saturated carbocycles. The zero-order chi connectivity index (χ0) is 19.5. The van der Waals surface area contributed by atoms with Gasteiger partial charge in [-0.1, -0.05) is 78.6 Å². The summed E-state index contributed by atoms with van der Waals surface area (Å²) in [5.41, 5.74) is 0. The highest BCUT2D eigenvalue weighted by molar-refractivity contribution is 5.70. The molecule has 0 aliphatic heterocycles. The summed E-state index contributed by atoms with van der Waals surface area (Å²) in [5, 5.41) is 0. The molecule has 0 amide bonds. The topological polar surface area (TPSA) is 52.6 Å². The number of hydrogen-bond donors (Lipinski definition) is 0. The molecule has 154 valence electrons. The highest BCUT2D eigenvalue weighted by atomic mass is 16.6. The van der Waals surface area contributed by atoms with Gasteiger partial charge in [-0.3, -0.25) is 9.59 Å². The minimum absolute atomic E-state index is 0.154. The Labute approximate surface area is 161 Å². The average Bonchev–Trinajstić information content (AvgIpc) is 2.63. The number of rotatable bonds is 18. The maximum Gasteiger partial charge on any atom is 0.306 e. The van der Waals surface area contributed by atoms with Crippen LogP contribution in [-0.2, 0) is 19.1 Å². The fourth-order valence-electron chi connectivity index (χ4n) is 2.86. The number of ether oxygens (including phenoxy) is 2. The van der Waals surface area contributed by atoms with Gasteiger partial charge in [0.2, 0.25) is 0 Å². The van der Waals surface area contributed by atoms with E-state index in [0.717, 1.165) is 44.9 Å². The zero-order valence-electron chi connectivity index (χ0n) is 17.5. The van der Waals surface area contributed by atoms with Crippen molar-refractivity contribution in [1.29, 1.82) is 0 Å². The van der Waals surface area contributed by atoms with Crippen LogP contribution in [0.25, 0.3) is 0 Å². The van der Waals surface area contributed by atoms with Crippen LogP contribution in [0.2, 0.25) is 0 Å². The largest absolute Gasteiger partial charge is 0.462 e. The van der Waals surface area contributed by atoms with Crippen LogP contribution in [-0.4, -0.2) is 24.6 Å². The van der Waals surface area contributed by atoms with Gasteiger partial charge in [0.25, 0.3) is 0 Å². The molecule has 0 aromatic carbocycles. The van der Waals surface area contributed by atoms with E-state index in [2.05, 4.69) is 20.8 Å². The van der Waals surface area contributed by atoms with Crippen molar-refractivity contribution in [3.8, 4) is 0 Å². The Bertz CT molecular complexity index is 341. The Morgan fingerprint density at radius 1 is 0.654 bits per heavy atom. The van der Waals surface area contributed by atoms with Crippen molar-refractivity contribution in [1.82, 2.24) is 0 Å². The summed E-state index contributed by atoms with van der Waals surface area (Å²) in [4.78, 5) is 23.9. The second-order valence-electron chi connectivity index (χ2n) is 7.27. The summed E-state index contributed by atoms with van der Waals surface area (Å²) in [7, 11) is 0. The fourth-order valence-corrected chi connectivity index (χ4v) is 2.86. The molecular weight excluding hydrogens is 328 g/mol. The summed E-state index contributed by atoms with van der Waals surface area (Å²) in [5.74, 6) is -0.322. The Balaban J connectivity index is 3.98. The van der Waals surface area contributed by atoms with Crippen molar-refractivity contribution in [2.45, 2.75) is 123 Å². The Kier molecular flexibility index (Phi) is 18.0. The van der Waals surface area contributed by atoms with Gasteiger partial charge in [0.15, 0.2) is 0 Å². The highest BCUT2D eigenvalue weighted by Gasteiger charge is 2.16. The van der Waals surface area contributed by atoms with Gasteiger partial charge in [-0.15, -0.1) is 0 Å². The van der Waals surface area contributed by atoms with Crippen molar-refractivity contribution in [3.63, 3.8) is 0 Å². The van der Waals surface area contributed by atoms with Crippen LogP contribution in [0.4, 0.5) is 0 Å². The summed E-state index contributed by atoms with van der Waals surface area (Å²) < 4.78 is 10.9. The standard InChI is InChI=1S/C22H42O4/c1-4-7-10-12-14-17-21(23)25-19-20(16-9-6-3)26-22(24)18-15-13-11-8-5-2/h20H,4-19H2,1-3H3. The van der Waals surface area contributed by atoms with E-state index in [1.54, 1.807) is 0 Å². The van der Waals surface area contributed by atoms with E-state index in [-0.39, 0.29) is 24.6 Å². The Morgan fingerprint density at radius 3 is 1.69 bits per heavy atom. The minimum atomic E-state index is -0.290. The van der Waals surface area contributed by atoms with E-state index in [0.29, 0.717) is 12.8 Å². The van der Waals surface area contributed by atoms with Crippen molar-refractivity contribution < 1.29 is 19.1 Å². The van der Waals surface area contributed by atoms with Gasteiger partial charge in [0, 0.05) is 12.8 Å². The molecule has 0 aliphatic carbocycles. The van der Waals surface area contributed by atoms with E-state index in [1.165, 1.54) is 38.5 Å². The number of carbonyl (C=O) groups is 2. The SMILES string of the molecule is CCCCCCCC(=O)OCC(CCCC)OC(=O)CCCCCCC. The van der Waals surface area contributed by atoms with Crippen LogP contribution >= 0.6 is 0 Å². The predicted molar refractivity (Wildman–Crippen MR) is 107 cm³/mol. The number of esters is 2. The summed E-state index contributed by atoms with van der Waals surface area (Å²) in [6, 6.07) is 0. The van der Waals surface area contributed by atoms with E-state index in [9.17, 15) is 9.59 Å². The first-order chi connectivity index (χ1) is 12.6. The van der Waals surface area contributed by atoms with Gasteiger partial charge < -0.3 is 9.47 Å². The molecule has 4 heteroatoms. The first-order valence-electron chi connectivity index (χ1n) is 11.0. The lowest BCUT2D eigenvalue weighted by atomic mass is 10.1. The molecule has 1 unspecified atom stereocenters. The van der Waals surface area contributed by atoms with E-state index < -0.39 is 0 Å². The third-order valence-electron chi connectivity index (χ3n) is 4.58. The van der Waals surface area contributed by atoms with Gasteiger partial charge in [0.05, 0.1) is 0 Å². The molecule has 0 rings (SSSR count). The van der Waals surface area contributed by atoms with Crippen LogP contribution in [0.5, 0.6) is 0 Å². The summed E-state index contributed by atoms with van der Waals surface area (Å²) in [6.45, 7) is 6.67. The second kappa shape index (κ2) is 18.7. The lowest BCUT2D eigenvalue weighted by molar-refractivity contribution is -0.159. The lowest BCUT2D eigenvalue weighted by Gasteiger charge is -2.18. The Hall–Kier alpha value is -1.06. The molecule has 0 radical (unpaired) electrons. The molecule has 0 N–H and O–H groups in total. The highest BCUT2D eigenvalue weighted by Crippen LogP contribution is 2.11. The van der Waals surface area contributed by atoms with Gasteiger partial charge in [-0.25, -0.2) is 0 Å². The molecule has 0 fully saturated rings. The van der Waals surface area contributed by atoms with E-state index in [4.69, 9.17) is 9.47 Å². The quantitative estimate of drug-likeness (QED) is 0.208. The van der Waals surface area contributed by atoms with Crippen molar-refractivity contribution in [2.24, 2.45) is 0 Å². The van der Waals surface area contributed by atoms with Crippen LogP contribution in [0.3, 0.4) is 0 Å². The van der Waals surface area contributed by atoms with Crippen molar-refractivity contribution in [2.75, 3.05) is 6.61 Å². The normalized spacial score (nSPS) is 12.0. The predicted octanol–water partition coefficient (Wildman–Crippen LogP) is 6.35. The molecule has 0 heterocycles. The maximum atomic E-state index is 12.0. The smallest absolute Gasteiger partial charge is 0.306 e. The van der Waals surface area contributed by atoms with Crippen LogP contribution in [0.15, 0.2) is 0 Å². The number of carbonyl (C=O) groups excluding carboxylic acids is 2. The first-order valence-corrected chi connectivity index (χ1v) is 11.0. The summed E-state index contributed by atoms with van der Waals surface area (Å²) in [6.07, 6.45) is 14.6. The van der Waals surface area contributed by atoms with Crippen molar-refractivity contribution in [3.05, 3.63) is 0 Å². The van der Waals surface area contributed by atoms with Gasteiger partial charge in [-0.05, 0) is 25.7 Å². The molecule has 0 aromatic heterocycles. The van der Waals surface area contributed by atoms with Crippen LogP contribution < -0.4 is 0 Å². The first kappa shape index (κ1) is 24.9. The van der Waals surface area contributed by atoms with E-state index >= 15 is 0 Å². The average molecular weight is 371 g/mol. The summed E-state index contributed by atoms with van der Waals surface area (Å²) >= 11 is 0. The molecule has 0 bridgehead atoms. The van der Waals surface area contributed by atoms with E-state index in [1.807, 2.05) is 0 Å². The second-order valence-corrected chi connectivity index (χ2v) is 7.27. The third kappa shape index (κ3) is 16.4. The fraction of sp³-hybridized carbons (Fsp3) is 0.909. The molecule has 0 aliphatic rings. The molecule has 1 atom stereocenters. The van der Waals surface area contributed by atoms with Crippen LogP contribution in [0, 0.1) is 0 Å². The number of unbranched alkanes of at least 4 members (excludes halogenated alkanes) is 9. The van der Waals surface area contributed by atoms with Gasteiger partial charge in [-0.2, -0.15) is 0 Å². The zero-order valence-corrected chi connectivity index (χ0v) is 17.5. The van der Waals surface area contributed by atoms with Gasteiger partial charge in [0.1, 0.15) is 12.7 Å². The minimum Gasteiger partial charge on any atom is -0.462 e. The van der Waals surface area contributed by atoms with Crippen molar-refractivity contribution >= 4 is 11.9 Å². The molecule has 0 saturated heterocycles. The van der Waals surface area contributed by atoms with Crippen LogP contribution in [0.1, 0.15) is 117 Å². The Morgan fingerprint density at radius 2 is 1.15 bits per heavy atom. The van der Waals surface area contributed by atoms with Gasteiger partial charge >= 0.3 is 11.9 Å². The molecule has 0 spiro atoms. The molecule has 0 aromatic rings. The third-order valence-corrected chi connectivity index (χ3v) is 4.58. The maximum absolute atomic E-state index is 12.0.